The molecule has 0 amide bonds. The van der Waals surface area contributed by atoms with E-state index in [1.165, 1.54) is 57.8 Å². The van der Waals surface area contributed by atoms with Crippen LogP contribution in [0.25, 0.3) is 0 Å². The molecule has 1 heterocycles. The second-order valence-electron chi connectivity index (χ2n) is 6.98. The Kier molecular flexibility index (Phi) is 10.3. The van der Waals surface area contributed by atoms with Crippen molar-refractivity contribution in [2.24, 2.45) is 0 Å². The molecule has 0 N–H and O–H groups in total. The summed E-state index contributed by atoms with van der Waals surface area (Å²) < 4.78 is 10.9. The molecule has 0 fully saturated rings. The highest BCUT2D eigenvalue weighted by molar-refractivity contribution is 5.99. The summed E-state index contributed by atoms with van der Waals surface area (Å²) in [6.45, 7) is 4.79. The molecule has 0 aromatic heterocycles. The van der Waals surface area contributed by atoms with E-state index >= 15 is 0 Å². The Morgan fingerprint density at radius 3 is 2.13 bits per heavy atom. The highest BCUT2D eigenvalue weighted by Crippen LogP contribution is 2.31. The molecule has 0 bridgehead atoms. The van der Waals surface area contributed by atoms with Crippen molar-refractivity contribution in [1.82, 2.24) is 0 Å². The van der Waals surface area contributed by atoms with Crippen LogP contribution in [-0.2, 0) is 14.3 Å². The van der Waals surface area contributed by atoms with E-state index in [1.54, 1.807) is 13.2 Å². The predicted molar refractivity (Wildman–Crippen MR) is 95.5 cm³/mol. The maximum Gasteiger partial charge on any atom is 0.202 e. The van der Waals surface area contributed by atoms with Gasteiger partial charge in [-0.2, -0.15) is 0 Å². The molecule has 0 aromatic rings. The van der Waals surface area contributed by atoms with Gasteiger partial charge in [-0.05, 0) is 19.8 Å². The standard InChI is InChI=1S/C20H36O3/c1-4-5-6-7-8-9-10-11-12-13-15-20(2)19(21)17-18(23-20)14-16-22-3/h17H,4-16H2,1-3H3/t20-/m0/s1. The third-order valence-corrected chi connectivity index (χ3v) is 4.73. The topological polar surface area (TPSA) is 35.5 Å². The number of rotatable bonds is 14. The van der Waals surface area contributed by atoms with E-state index in [9.17, 15) is 4.79 Å². The van der Waals surface area contributed by atoms with E-state index in [0.717, 1.165) is 18.6 Å². The second kappa shape index (κ2) is 11.7. The van der Waals surface area contributed by atoms with Crippen LogP contribution in [0.15, 0.2) is 11.8 Å². The first kappa shape index (κ1) is 20.2. The van der Waals surface area contributed by atoms with E-state index in [4.69, 9.17) is 9.47 Å². The third kappa shape index (κ3) is 8.01. The zero-order valence-corrected chi connectivity index (χ0v) is 15.5. The summed E-state index contributed by atoms with van der Waals surface area (Å²) in [6, 6.07) is 0. The number of ketones is 1. The van der Waals surface area contributed by atoms with Crippen molar-refractivity contribution < 1.29 is 14.3 Å². The summed E-state index contributed by atoms with van der Waals surface area (Å²) in [4.78, 5) is 12.1. The number of methoxy groups -OCH3 is 1. The first-order valence-electron chi connectivity index (χ1n) is 9.55. The van der Waals surface area contributed by atoms with E-state index in [2.05, 4.69) is 6.92 Å². The van der Waals surface area contributed by atoms with Gasteiger partial charge in [0, 0.05) is 19.6 Å². The fraction of sp³-hybridized carbons (Fsp3) is 0.850. The van der Waals surface area contributed by atoms with Crippen LogP contribution in [0.2, 0.25) is 0 Å². The van der Waals surface area contributed by atoms with Gasteiger partial charge in [0.2, 0.25) is 5.78 Å². The molecule has 0 saturated heterocycles. The summed E-state index contributed by atoms with van der Waals surface area (Å²) >= 11 is 0. The summed E-state index contributed by atoms with van der Waals surface area (Å²) in [6.07, 6.45) is 16.3. The zero-order valence-electron chi connectivity index (χ0n) is 15.5. The SMILES string of the molecule is CCCCCCCCCCCC[C@]1(C)OC(CCOC)=CC1=O. The largest absolute Gasteiger partial charge is 0.484 e. The van der Waals surface area contributed by atoms with Gasteiger partial charge in [-0.15, -0.1) is 0 Å². The molecule has 3 heteroatoms. The fourth-order valence-electron chi connectivity index (χ4n) is 3.12. The minimum atomic E-state index is -0.622. The molecule has 3 nitrogen and oxygen atoms in total. The molecule has 1 atom stereocenters. The highest BCUT2D eigenvalue weighted by atomic mass is 16.5. The quantitative estimate of drug-likeness (QED) is 0.391. The van der Waals surface area contributed by atoms with Crippen molar-refractivity contribution in [3.05, 3.63) is 11.8 Å². The molecule has 1 rings (SSSR count). The van der Waals surface area contributed by atoms with Crippen LogP contribution in [0, 0.1) is 0 Å². The number of carbonyl (C=O) groups is 1. The number of unbranched alkanes of at least 4 members (excludes halogenated alkanes) is 9. The van der Waals surface area contributed by atoms with Gasteiger partial charge in [-0.1, -0.05) is 64.7 Å². The Morgan fingerprint density at radius 1 is 1.00 bits per heavy atom. The van der Waals surface area contributed by atoms with E-state index < -0.39 is 5.60 Å². The van der Waals surface area contributed by atoms with Crippen molar-refractivity contribution in [3.8, 4) is 0 Å². The smallest absolute Gasteiger partial charge is 0.202 e. The third-order valence-electron chi connectivity index (χ3n) is 4.73. The molecule has 0 radical (unpaired) electrons. The molecular weight excluding hydrogens is 288 g/mol. The molecule has 134 valence electrons. The molecule has 0 aliphatic carbocycles. The van der Waals surface area contributed by atoms with Crippen LogP contribution in [0.5, 0.6) is 0 Å². The van der Waals surface area contributed by atoms with Gasteiger partial charge < -0.3 is 9.47 Å². The van der Waals surface area contributed by atoms with E-state index in [1.807, 2.05) is 6.92 Å². The van der Waals surface area contributed by atoms with Gasteiger partial charge in [0.05, 0.1) is 6.61 Å². The second-order valence-corrected chi connectivity index (χ2v) is 6.98. The van der Waals surface area contributed by atoms with E-state index in [-0.39, 0.29) is 5.78 Å². The van der Waals surface area contributed by atoms with Crippen molar-refractivity contribution in [3.63, 3.8) is 0 Å². The maximum atomic E-state index is 12.1. The normalized spacial score (nSPS) is 20.7. The van der Waals surface area contributed by atoms with Gasteiger partial charge in [-0.3, -0.25) is 4.79 Å². The van der Waals surface area contributed by atoms with Gasteiger partial charge in [0.25, 0.3) is 0 Å². The summed E-state index contributed by atoms with van der Waals surface area (Å²) in [5, 5.41) is 0. The maximum absolute atomic E-state index is 12.1. The van der Waals surface area contributed by atoms with Crippen molar-refractivity contribution >= 4 is 5.78 Å². The number of ether oxygens (including phenoxy) is 2. The van der Waals surface area contributed by atoms with Crippen molar-refractivity contribution in [2.45, 2.75) is 96.5 Å². The molecule has 23 heavy (non-hydrogen) atoms. The number of hydrogen-bond donors (Lipinski definition) is 0. The van der Waals surface area contributed by atoms with Gasteiger partial charge in [0.1, 0.15) is 5.76 Å². The Balaban J connectivity index is 2.04. The van der Waals surface area contributed by atoms with Crippen LogP contribution >= 0.6 is 0 Å². The Labute approximate surface area is 142 Å². The Hall–Kier alpha value is -0.830. The molecule has 0 spiro atoms. The molecule has 1 aliphatic heterocycles. The van der Waals surface area contributed by atoms with Crippen molar-refractivity contribution in [1.29, 1.82) is 0 Å². The molecule has 0 saturated carbocycles. The van der Waals surface area contributed by atoms with Crippen LogP contribution in [0.3, 0.4) is 0 Å². The molecule has 0 unspecified atom stereocenters. The number of hydrogen-bond acceptors (Lipinski definition) is 3. The Bertz CT molecular complexity index is 362. The average Bonchev–Trinajstić information content (AvgIpc) is 2.82. The lowest BCUT2D eigenvalue weighted by Crippen LogP contribution is -2.32. The van der Waals surface area contributed by atoms with E-state index in [0.29, 0.717) is 13.0 Å². The minimum Gasteiger partial charge on any atom is -0.484 e. The fourth-order valence-corrected chi connectivity index (χ4v) is 3.12. The van der Waals surface area contributed by atoms with Crippen LogP contribution < -0.4 is 0 Å². The summed E-state index contributed by atoms with van der Waals surface area (Å²) in [5.41, 5.74) is -0.622. The first-order chi connectivity index (χ1) is 11.1. The van der Waals surface area contributed by atoms with Crippen LogP contribution in [-0.4, -0.2) is 25.1 Å². The first-order valence-corrected chi connectivity index (χ1v) is 9.55. The molecule has 1 aliphatic rings. The van der Waals surface area contributed by atoms with Gasteiger partial charge in [0.15, 0.2) is 5.60 Å². The summed E-state index contributed by atoms with van der Waals surface area (Å²) in [5.74, 6) is 0.908. The zero-order chi connectivity index (χ0) is 17.0. The molecular formula is C20H36O3. The lowest BCUT2D eigenvalue weighted by atomic mass is 9.94. The lowest BCUT2D eigenvalue weighted by Gasteiger charge is -2.23. The van der Waals surface area contributed by atoms with Crippen LogP contribution in [0.1, 0.15) is 90.9 Å². The predicted octanol–water partition coefficient (Wildman–Crippen LogP) is 5.58. The van der Waals surface area contributed by atoms with Gasteiger partial charge in [-0.25, -0.2) is 0 Å². The monoisotopic (exact) mass is 324 g/mol. The van der Waals surface area contributed by atoms with Gasteiger partial charge >= 0.3 is 0 Å². The highest BCUT2D eigenvalue weighted by Gasteiger charge is 2.38. The Morgan fingerprint density at radius 2 is 1.57 bits per heavy atom. The average molecular weight is 325 g/mol. The lowest BCUT2D eigenvalue weighted by molar-refractivity contribution is -0.129. The van der Waals surface area contributed by atoms with Crippen LogP contribution in [0.4, 0.5) is 0 Å². The summed E-state index contributed by atoms with van der Waals surface area (Å²) in [7, 11) is 1.67. The minimum absolute atomic E-state index is 0.125. The number of carbonyl (C=O) groups excluding carboxylic acids is 1. The molecule has 0 aromatic carbocycles. The van der Waals surface area contributed by atoms with Crippen molar-refractivity contribution in [2.75, 3.05) is 13.7 Å².